The molecule has 5 nitrogen and oxygen atoms in total. The molecule has 23 heavy (non-hydrogen) atoms. The topological polar surface area (TPSA) is 79.3 Å². The molecule has 0 bridgehead atoms. The van der Waals surface area contributed by atoms with Crippen LogP contribution in [-0.4, -0.2) is 28.5 Å². The van der Waals surface area contributed by atoms with Gasteiger partial charge in [-0.2, -0.15) is 0 Å². The van der Waals surface area contributed by atoms with Gasteiger partial charge in [-0.25, -0.2) is 9.78 Å². The van der Waals surface area contributed by atoms with Crippen molar-refractivity contribution in [2.24, 2.45) is 5.92 Å². The van der Waals surface area contributed by atoms with Crippen LogP contribution in [0.4, 0.5) is 0 Å². The number of nitrogens with one attached hydrogen (secondary N) is 1. The Hall–Kier alpha value is -2.69. The third-order valence-corrected chi connectivity index (χ3v) is 3.76. The fraction of sp³-hybridized carbons (Fsp3) is 0.278. The minimum absolute atomic E-state index is 0.0779. The van der Waals surface area contributed by atoms with Gasteiger partial charge < -0.3 is 10.4 Å². The lowest BCUT2D eigenvalue weighted by Crippen LogP contribution is -2.30. The van der Waals surface area contributed by atoms with Gasteiger partial charge in [0.2, 0.25) is 0 Å². The number of rotatable bonds is 6. The first-order valence-electron chi connectivity index (χ1n) is 7.51. The molecule has 2 N–H and O–H groups in total. The van der Waals surface area contributed by atoms with E-state index >= 15 is 0 Å². The smallest absolute Gasteiger partial charge is 0.354 e. The molecule has 5 heteroatoms. The van der Waals surface area contributed by atoms with Gasteiger partial charge in [0.1, 0.15) is 5.69 Å². The number of aromatic nitrogens is 1. The monoisotopic (exact) mass is 312 g/mol. The molecule has 1 unspecified atom stereocenters. The van der Waals surface area contributed by atoms with Crippen molar-refractivity contribution in [1.82, 2.24) is 10.3 Å². The lowest BCUT2D eigenvalue weighted by atomic mass is 9.88. The molecule has 0 aliphatic rings. The maximum absolute atomic E-state index is 12.2. The van der Waals surface area contributed by atoms with Crippen LogP contribution in [0.2, 0.25) is 0 Å². The van der Waals surface area contributed by atoms with Crippen LogP contribution >= 0.6 is 0 Å². The summed E-state index contributed by atoms with van der Waals surface area (Å²) < 4.78 is 0. The molecule has 120 valence electrons. The van der Waals surface area contributed by atoms with Crippen molar-refractivity contribution < 1.29 is 14.7 Å². The van der Waals surface area contributed by atoms with E-state index in [4.69, 9.17) is 5.11 Å². The highest BCUT2D eigenvalue weighted by Crippen LogP contribution is 2.23. The number of benzene rings is 1. The van der Waals surface area contributed by atoms with E-state index in [1.807, 2.05) is 18.2 Å². The van der Waals surface area contributed by atoms with E-state index in [2.05, 4.69) is 36.3 Å². The lowest BCUT2D eigenvalue weighted by Gasteiger charge is -2.21. The van der Waals surface area contributed by atoms with Crippen molar-refractivity contribution in [3.05, 3.63) is 65.5 Å². The van der Waals surface area contributed by atoms with Crippen molar-refractivity contribution >= 4 is 11.9 Å². The highest BCUT2D eigenvalue weighted by atomic mass is 16.4. The molecule has 0 fully saturated rings. The van der Waals surface area contributed by atoms with Crippen LogP contribution in [0.25, 0.3) is 0 Å². The van der Waals surface area contributed by atoms with Crippen molar-refractivity contribution in [3.8, 4) is 0 Å². The summed E-state index contributed by atoms with van der Waals surface area (Å²) in [5.41, 5.74) is 1.46. The van der Waals surface area contributed by atoms with Crippen molar-refractivity contribution in [2.75, 3.05) is 6.54 Å². The Bertz CT molecular complexity index is 666. The van der Waals surface area contributed by atoms with Gasteiger partial charge in [0.25, 0.3) is 5.91 Å². The molecule has 0 radical (unpaired) electrons. The Kier molecular flexibility index (Phi) is 5.46. The standard InChI is InChI=1S/C18H20N2O3/c1-12(2)15(13-6-4-3-5-7-13)11-20-17(21)14-8-9-16(18(22)23)19-10-14/h3-10,12,15H,11H2,1-2H3,(H,20,21)(H,22,23). The number of pyridine rings is 1. The van der Waals surface area contributed by atoms with Gasteiger partial charge in [0.15, 0.2) is 0 Å². The van der Waals surface area contributed by atoms with Crippen molar-refractivity contribution in [3.63, 3.8) is 0 Å². The number of hydrogen-bond acceptors (Lipinski definition) is 3. The molecule has 1 aromatic carbocycles. The Morgan fingerprint density at radius 1 is 1.13 bits per heavy atom. The van der Waals surface area contributed by atoms with Crippen molar-refractivity contribution in [2.45, 2.75) is 19.8 Å². The average Bonchev–Trinajstić information content (AvgIpc) is 2.55. The first-order chi connectivity index (χ1) is 11.0. The predicted octanol–water partition coefficient (Wildman–Crippen LogP) is 2.95. The second-order valence-corrected chi connectivity index (χ2v) is 5.71. The third-order valence-electron chi connectivity index (χ3n) is 3.76. The van der Waals surface area contributed by atoms with E-state index in [-0.39, 0.29) is 17.5 Å². The lowest BCUT2D eigenvalue weighted by molar-refractivity contribution is 0.0689. The minimum atomic E-state index is -1.11. The average molecular weight is 312 g/mol. The van der Waals surface area contributed by atoms with E-state index in [0.717, 1.165) is 0 Å². The van der Waals surface area contributed by atoms with E-state index in [9.17, 15) is 9.59 Å². The molecule has 1 atom stereocenters. The van der Waals surface area contributed by atoms with Crippen LogP contribution in [0.1, 0.15) is 46.2 Å². The summed E-state index contributed by atoms with van der Waals surface area (Å²) in [6, 6.07) is 12.9. The molecule has 2 rings (SSSR count). The molecular weight excluding hydrogens is 292 g/mol. The van der Waals surface area contributed by atoms with Crippen LogP contribution < -0.4 is 5.32 Å². The Morgan fingerprint density at radius 3 is 2.35 bits per heavy atom. The number of carbonyl (C=O) groups excluding carboxylic acids is 1. The molecule has 0 spiro atoms. The Balaban J connectivity index is 2.03. The zero-order chi connectivity index (χ0) is 16.8. The van der Waals surface area contributed by atoms with E-state index < -0.39 is 5.97 Å². The zero-order valence-corrected chi connectivity index (χ0v) is 13.2. The first-order valence-corrected chi connectivity index (χ1v) is 7.51. The molecular formula is C18H20N2O3. The minimum Gasteiger partial charge on any atom is -0.477 e. The molecule has 0 saturated carbocycles. The Morgan fingerprint density at radius 2 is 1.83 bits per heavy atom. The quantitative estimate of drug-likeness (QED) is 0.859. The van der Waals surface area contributed by atoms with Gasteiger partial charge in [-0.15, -0.1) is 0 Å². The molecule has 0 aliphatic carbocycles. The van der Waals surface area contributed by atoms with Gasteiger partial charge in [0.05, 0.1) is 5.56 Å². The fourth-order valence-electron chi connectivity index (χ4n) is 2.40. The summed E-state index contributed by atoms with van der Waals surface area (Å²) in [5, 5.41) is 11.7. The summed E-state index contributed by atoms with van der Waals surface area (Å²) in [7, 11) is 0. The fourth-order valence-corrected chi connectivity index (χ4v) is 2.40. The van der Waals surface area contributed by atoms with Crippen molar-refractivity contribution in [1.29, 1.82) is 0 Å². The van der Waals surface area contributed by atoms with Gasteiger partial charge in [-0.05, 0) is 23.6 Å². The number of nitrogens with zero attached hydrogens (tertiary/aromatic N) is 1. The summed E-state index contributed by atoms with van der Waals surface area (Å²) in [4.78, 5) is 26.7. The largest absolute Gasteiger partial charge is 0.477 e. The third kappa shape index (κ3) is 4.39. The highest BCUT2D eigenvalue weighted by molar-refractivity contribution is 5.94. The van der Waals surface area contributed by atoms with Crippen LogP contribution in [0.15, 0.2) is 48.7 Å². The molecule has 1 amide bonds. The van der Waals surface area contributed by atoms with Crippen LogP contribution in [0, 0.1) is 5.92 Å². The van der Waals surface area contributed by atoms with Gasteiger partial charge in [-0.1, -0.05) is 44.2 Å². The van der Waals surface area contributed by atoms with E-state index in [0.29, 0.717) is 18.0 Å². The van der Waals surface area contributed by atoms with Crippen LogP contribution in [0.5, 0.6) is 0 Å². The van der Waals surface area contributed by atoms with E-state index in [1.54, 1.807) is 0 Å². The number of carboxylic acids is 1. The molecule has 0 aliphatic heterocycles. The molecule has 0 saturated heterocycles. The number of amides is 1. The number of hydrogen-bond donors (Lipinski definition) is 2. The predicted molar refractivity (Wildman–Crippen MR) is 87.6 cm³/mol. The number of carboxylic acid groups (broad SMARTS) is 1. The maximum Gasteiger partial charge on any atom is 0.354 e. The van der Waals surface area contributed by atoms with Gasteiger partial charge in [-0.3, -0.25) is 4.79 Å². The molecule has 2 aromatic rings. The van der Waals surface area contributed by atoms with Gasteiger partial charge >= 0.3 is 5.97 Å². The van der Waals surface area contributed by atoms with E-state index in [1.165, 1.54) is 23.9 Å². The SMILES string of the molecule is CC(C)C(CNC(=O)c1ccc(C(=O)O)nc1)c1ccccc1. The maximum atomic E-state index is 12.2. The first kappa shape index (κ1) is 16.7. The summed E-state index contributed by atoms with van der Waals surface area (Å²) in [6.45, 7) is 4.75. The van der Waals surface area contributed by atoms with Gasteiger partial charge in [0, 0.05) is 18.7 Å². The summed E-state index contributed by atoms with van der Waals surface area (Å²) in [5.74, 6) is -0.770. The second kappa shape index (κ2) is 7.54. The zero-order valence-electron chi connectivity index (χ0n) is 13.2. The van der Waals surface area contributed by atoms with Crippen LogP contribution in [0.3, 0.4) is 0 Å². The highest BCUT2D eigenvalue weighted by Gasteiger charge is 2.17. The second-order valence-electron chi connectivity index (χ2n) is 5.71. The van der Waals surface area contributed by atoms with Crippen LogP contribution in [-0.2, 0) is 0 Å². The molecule has 1 aromatic heterocycles. The number of carbonyl (C=O) groups is 2. The number of aromatic carboxylic acids is 1. The molecule has 1 heterocycles. The Labute approximate surface area is 135 Å². The summed E-state index contributed by atoms with van der Waals surface area (Å²) in [6.07, 6.45) is 1.28. The normalized spacial score (nSPS) is 12.0. The summed E-state index contributed by atoms with van der Waals surface area (Å²) >= 11 is 0.